The Morgan fingerprint density at radius 2 is 1.61 bits per heavy atom. The Kier molecular flexibility index (Phi) is 10.7. The zero-order valence-corrected chi connectivity index (χ0v) is 23.6. The number of thiophene rings is 1. The Labute approximate surface area is 229 Å². The van der Waals surface area contributed by atoms with Gasteiger partial charge in [-0.2, -0.15) is 0 Å². The minimum absolute atomic E-state index is 0.00539. The van der Waals surface area contributed by atoms with E-state index in [9.17, 15) is 14.0 Å². The van der Waals surface area contributed by atoms with E-state index in [-0.39, 0.29) is 36.5 Å². The summed E-state index contributed by atoms with van der Waals surface area (Å²) in [7, 11) is 3.20. The lowest BCUT2D eigenvalue weighted by Crippen LogP contribution is -2.45. The molecular formula is C30H37FN2O4S. The monoisotopic (exact) mass is 540 g/mol. The molecule has 2 amide bonds. The molecule has 0 aliphatic rings. The van der Waals surface area contributed by atoms with Crippen LogP contribution in [0.4, 0.5) is 4.39 Å². The number of nitrogens with zero attached hydrogens (tertiary/aromatic N) is 2. The maximum atomic E-state index is 13.7. The molecule has 0 spiro atoms. The molecule has 0 fully saturated rings. The van der Waals surface area contributed by atoms with Crippen molar-refractivity contribution in [2.75, 3.05) is 33.9 Å². The van der Waals surface area contributed by atoms with E-state index in [1.165, 1.54) is 12.1 Å². The summed E-state index contributed by atoms with van der Waals surface area (Å²) in [6.45, 7) is 7.52. The van der Waals surface area contributed by atoms with E-state index in [2.05, 4.69) is 0 Å². The predicted molar refractivity (Wildman–Crippen MR) is 149 cm³/mol. The Morgan fingerprint density at radius 3 is 2.21 bits per heavy atom. The van der Waals surface area contributed by atoms with Crippen molar-refractivity contribution in [1.82, 2.24) is 9.80 Å². The number of carbonyl (C=O) groups excluding carboxylic acids is 2. The maximum absolute atomic E-state index is 13.7. The molecule has 1 aromatic heterocycles. The first-order chi connectivity index (χ1) is 18.2. The van der Waals surface area contributed by atoms with Crippen molar-refractivity contribution >= 4 is 23.2 Å². The second-order valence-electron chi connectivity index (χ2n) is 9.75. The first-order valence-corrected chi connectivity index (χ1v) is 13.6. The number of amides is 2. The molecular weight excluding hydrogens is 503 g/mol. The molecule has 0 saturated carbocycles. The summed E-state index contributed by atoms with van der Waals surface area (Å²) in [5.41, 5.74) is 2.89. The van der Waals surface area contributed by atoms with E-state index in [4.69, 9.17) is 9.47 Å². The van der Waals surface area contributed by atoms with Crippen molar-refractivity contribution in [2.45, 2.75) is 40.2 Å². The highest BCUT2D eigenvalue weighted by atomic mass is 32.1. The quantitative estimate of drug-likeness (QED) is 0.287. The highest BCUT2D eigenvalue weighted by molar-refractivity contribution is 7.10. The standard InChI is InChI=1S/C30H37FN2O4S/c1-21(2)18-33(29(34)17-23-6-9-25(31)10-7-23)20-30(35)32(19-28-22(3)13-15-38-28)14-12-24-8-11-26(36-4)27(16-24)37-5/h6-11,13,15-16,21H,12,14,17-20H2,1-5H3. The van der Waals surface area contributed by atoms with Gasteiger partial charge in [0.1, 0.15) is 5.82 Å². The lowest BCUT2D eigenvalue weighted by molar-refractivity contribution is -0.141. The first kappa shape index (κ1) is 29.2. The number of ether oxygens (including phenoxy) is 2. The topological polar surface area (TPSA) is 59.1 Å². The van der Waals surface area contributed by atoms with Crippen molar-refractivity contribution in [3.8, 4) is 11.5 Å². The molecule has 0 N–H and O–H groups in total. The van der Waals surface area contributed by atoms with Gasteiger partial charge in [0.05, 0.1) is 33.7 Å². The van der Waals surface area contributed by atoms with Gasteiger partial charge in [-0.15, -0.1) is 11.3 Å². The van der Waals surface area contributed by atoms with E-state index < -0.39 is 0 Å². The molecule has 0 atom stereocenters. The summed E-state index contributed by atoms with van der Waals surface area (Å²) < 4.78 is 24.1. The average Bonchev–Trinajstić information content (AvgIpc) is 3.30. The van der Waals surface area contributed by atoms with Gasteiger partial charge in [-0.25, -0.2) is 4.39 Å². The van der Waals surface area contributed by atoms with Gasteiger partial charge in [0, 0.05) is 18.0 Å². The van der Waals surface area contributed by atoms with Crippen LogP contribution in [0.3, 0.4) is 0 Å². The number of aryl methyl sites for hydroxylation is 1. The number of rotatable bonds is 13. The number of halogens is 1. The second kappa shape index (κ2) is 14.0. The van der Waals surface area contributed by atoms with Gasteiger partial charge in [-0.1, -0.05) is 32.0 Å². The van der Waals surface area contributed by atoms with Crippen LogP contribution in [-0.2, 0) is 29.0 Å². The smallest absolute Gasteiger partial charge is 0.242 e. The van der Waals surface area contributed by atoms with Crippen molar-refractivity contribution in [3.63, 3.8) is 0 Å². The summed E-state index contributed by atoms with van der Waals surface area (Å²) in [4.78, 5) is 31.4. The molecule has 1 heterocycles. The average molecular weight is 541 g/mol. The second-order valence-corrected chi connectivity index (χ2v) is 10.8. The highest BCUT2D eigenvalue weighted by Crippen LogP contribution is 2.28. The normalized spacial score (nSPS) is 10.9. The number of benzene rings is 2. The van der Waals surface area contributed by atoms with Gasteiger partial charge >= 0.3 is 0 Å². The molecule has 0 radical (unpaired) electrons. The third-order valence-electron chi connectivity index (χ3n) is 6.31. The zero-order chi connectivity index (χ0) is 27.7. The first-order valence-electron chi connectivity index (χ1n) is 12.7. The van der Waals surface area contributed by atoms with Crippen molar-refractivity contribution < 1.29 is 23.5 Å². The van der Waals surface area contributed by atoms with E-state index >= 15 is 0 Å². The number of carbonyl (C=O) groups is 2. The van der Waals surface area contributed by atoms with Gasteiger partial charge < -0.3 is 19.3 Å². The molecule has 0 bridgehead atoms. The molecule has 0 unspecified atom stereocenters. The van der Waals surface area contributed by atoms with E-state index in [0.29, 0.717) is 37.6 Å². The van der Waals surface area contributed by atoms with Gasteiger partial charge in [-0.05, 0) is 71.7 Å². The van der Waals surface area contributed by atoms with Crippen LogP contribution in [0.25, 0.3) is 0 Å². The van der Waals surface area contributed by atoms with Gasteiger partial charge in [0.25, 0.3) is 0 Å². The van der Waals surface area contributed by atoms with E-state index in [0.717, 1.165) is 21.6 Å². The molecule has 2 aromatic carbocycles. The van der Waals surface area contributed by atoms with Crippen LogP contribution >= 0.6 is 11.3 Å². The van der Waals surface area contributed by atoms with Gasteiger partial charge in [0.15, 0.2) is 11.5 Å². The molecule has 6 nitrogen and oxygen atoms in total. The van der Waals surface area contributed by atoms with Gasteiger partial charge in [0.2, 0.25) is 11.8 Å². The Balaban J connectivity index is 1.77. The summed E-state index contributed by atoms with van der Waals surface area (Å²) in [6, 6.07) is 13.7. The Bertz CT molecular complexity index is 1210. The van der Waals surface area contributed by atoms with Crippen LogP contribution in [-0.4, -0.2) is 55.5 Å². The fourth-order valence-corrected chi connectivity index (χ4v) is 5.10. The SMILES string of the molecule is COc1ccc(CCN(Cc2sccc2C)C(=O)CN(CC(C)C)C(=O)Cc2ccc(F)cc2)cc1OC. The number of hydrogen-bond acceptors (Lipinski definition) is 5. The lowest BCUT2D eigenvalue weighted by atomic mass is 10.1. The van der Waals surface area contributed by atoms with Crippen LogP contribution in [0, 0.1) is 18.7 Å². The maximum Gasteiger partial charge on any atom is 0.242 e. The van der Waals surface area contributed by atoms with E-state index in [1.54, 1.807) is 42.6 Å². The van der Waals surface area contributed by atoms with E-state index in [1.807, 2.05) is 55.3 Å². The summed E-state index contributed by atoms with van der Waals surface area (Å²) in [6.07, 6.45) is 0.750. The lowest BCUT2D eigenvalue weighted by Gasteiger charge is -2.29. The minimum atomic E-state index is -0.343. The highest BCUT2D eigenvalue weighted by Gasteiger charge is 2.23. The molecule has 0 saturated heterocycles. The van der Waals surface area contributed by atoms with Crippen LogP contribution in [0.5, 0.6) is 11.5 Å². The summed E-state index contributed by atoms with van der Waals surface area (Å²) in [5.74, 6) is 0.898. The van der Waals surface area contributed by atoms with Crippen LogP contribution in [0.2, 0.25) is 0 Å². The minimum Gasteiger partial charge on any atom is -0.493 e. The molecule has 8 heteroatoms. The van der Waals surface area contributed by atoms with Crippen LogP contribution < -0.4 is 9.47 Å². The third kappa shape index (κ3) is 8.31. The summed E-state index contributed by atoms with van der Waals surface area (Å²) >= 11 is 1.63. The third-order valence-corrected chi connectivity index (χ3v) is 7.31. The van der Waals surface area contributed by atoms with Crippen molar-refractivity contribution in [2.24, 2.45) is 5.92 Å². The fraction of sp³-hybridized carbons (Fsp3) is 0.400. The zero-order valence-electron chi connectivity index (χ0n) is 22.8. The van der Waals surface area contributed by atoms with Crippen LogP contribution in [0.1, 0.15) is 35.4 Å². The largest absolute Gasteiger partial charge is 0.493 e. The predicted octanol–water partition coefficient (Wildman–Crippen LogP) is 5.51. The molecule has 0 aliphatic carbocycles. The fourth-order valence-electron chi connectivity index (χ4n) is 4.18. The molecule has 38 heavy (non-hydrogen) atoms. The molecule has 204 valence electrons. The molecule has 3 aromatic rings. The molecule has 3 rings (SSSR count). The van der Waals surface area contributed by atoms with Crippen LogP contribution in [0.15, 0.2) is 53.9 Å². The number of hydrogen-bond donors (Lipinski definition) is 0. The Morgan fingerprint density at radius 1 is 0.921 bits per heavy atom. The van der Waals surface area contributed by atoms with Crippen molar-refractivity contribution in [1.29, 1.82) is 0 Å². The van der Waals surface area contributed by atoms with Crippen molar-refractivity contribution in [3.05, 3.63) is 81.3 Å². The molecule has 0 aliphatic heterocycles. The Hall–Kier alpha value is -3.39. The van der Waals surface area contributed by atoms with Gasteiger partial charge in [-0.3, -0.25) is 9.59 Å². The number of methoxy groups -OCH3 is 2. The summed E-state index contributed by atoms with van der Waals surface area (Å²) in [5, 5.41) is 2.03.